The van der Waals surface area contributed by atoms with Crippen LogP contribution in [0.5, 0.6) is 0 Å². The van der Waals surface area contributed by atoms with E-state index in [0.29, 0.717) is 18.4 Å². The summed E-state index contributed by atoms with van der Waals surface area (Å²) in [7, 11) is 1.73. The number of carbonyl (C=O) groups excluding carboxylic acids is 1. The van der Waals surface area contributed by atoms with Crippen LogP contribution in [-0.4, -0.2) is 33.8 Å². The van der Waals surface area contributed by atoms with E-state index in [1.807, 2.05) is 19.1 Å². The van der Waals surface area contributed by atoms with Crippen molar-refractivity contribution in [2.24, 2.45) is 24.8 Å². The Bertz CT molecular complexity index is 1130. The molecule has 2 aromatic rings. The van der Waals surface area contributed by atoms with Crippen molar-refractivity contribution in [2.75, 3.05) is 0 Å². The molecule has 0 saturated heterocycles. The molecule has 5 nitrogen and oxygen atoms in total. The first-order valence-electron chi connectivity index (χ1n) is 11.9. The molecule has 6 unspecified atom stereocenters. The molecule has 2 aliphatic rings. The minimum atomic E-state index is -4.65. The quantitative estimate of drug-likeness (QED) is 0.632. The maximum absolute atomic E-state index is 13.8. The van der Waals surface area contributed by atoms with Gasteiger partial charge in [0.15, 0.2) is 0 Å². The molecule has 0 bridgehead atoms. The van der Waals surface area contributed by atoms with Gasteiger partial charge in [0.1, 0.15) is 6.17 Å². The highest BCUT2D eigenvalue weighted by molar-refractivity contribution is 5.80. The highest BCUT2D eigenvalue weighted by Gasteiger charge is 2.49. The lowest BCUT2D eigenvalue weighted by Gasteiger charge is -2.37. The van der Waals surface area contributed by atoms with Crippen molar-refractivity contribution in [1.82, 2.24) is 14.9 Å². The highest BCUT2D eigenvalue weighted by atomic mass is 19.4. The number of halogens is 4. The van der Waals surface area contributed by atoms with Gasteiger partial charge in [-0.15, -0.1) is 0 Å². The third-order valence-corrected chi connectivity index (χ3v) is 7.77. The Hall–Kier alpha value is -2.45. The van der Waals surface area contributed by atoms with Gasteiger partial charge >= 0.3 is 6.18 Å². The number of hydrogen-bond donors (Lipinski definition) is 1. The van der Waals surface area contributed by atoms with Gasteiger partial charge in [0.05, 0.1) is 11.4 Å². The third-order valence-electron chi connectivity index (χ3n) is 7.77. The van der Waals surface area contributed by atoms with Crippen LogP contribution in [0, 0.1) is 24.7 Å². The zero-order valence-electron chi connectivity index (χ0n) is 19.7. The zero-order chi connectivity index (χ0) is 24.8. The van der Waals surface area contributed by atoms with E-state index in [1.165, 1.54) is 0 Å². The minimum Gasteiger partial charge on any atom is -0.353 e. The lowest BCUT2D eigenvalue weighted by molar-refractivity contribution is -0.202. The molecule has 2 aromatic heterocycles. The normalized spacial score (nSPS) is 30.3. The Balaban J connectivity index is 1.51. The molecule has 186 valence electrons. The zero-order valence-corrected chi connectivity index (χ0v) is 19.7. The molecule has 4 rings (SSSR count). The van der Waals surface area contributed by atoms with Crippen LogP contribution < -0.4 is 10.9 Å². The van der Waals surface area contributed by atoms with E-state index in [1.54, 1.807) is 17.8 Å². The van der Waals surface area contributed by atoms with Gasteiger partial charge in [-0.25, -0.2) is 4.39 Å². The summed E-state index contributed by atoms with van der Waals surface area (Å²) in [5.41, 5.74) is 2.20. The summed E-state index contributed by atoms with van der Waals surface area (Å²) in [5, 5.41) is 3.79. The van der Waals surface area contributed by atoms with Gasteiger partial charge in [-0.2, -0.15) is 13.2 Å². The predicted molar refractivity (Wildman–Crippen MR) is 121 cm³/mol. The van der Waals surface area contributed by atoms with Crippen LogP contribution >= 0.6 is 0 Å². The van der Waals surface area contributed by atoms with Crippen LogP contribution in [0.25, 0.3) is 10.9 Å². The molecular weight excluding hydrogens is 450 g/mol. The Labute approximate surface area is 195 Å². The molecule has 0 aliphatic heterocycles. The van der Waals surface area contributed by atoms with Gasteiger partial charge < -0.3 is 9.88 Å². The van der Waals surface area contributed by atoms with Crippen molar-refractivity contribution in [2.45, 2.75) is 76.7 Å². The van der Waals surface area contributed by atoms with Crippen molar-refractivity contribution < 1.29 is 22.4 Å². The molecule has 9 heteroatoms. The van der Waals surface area contributed by atoms with Crippen molar-refractivity contribution in [3.63, 3.8) is 0 Å². The summed E-state index contributed by atoms with van der Waals surface area (Å²) < 4.78 is 55.0. The second-order valence-corrected chi connectivity index (χ2v) is 10.1. The van der Waals surface area contributed by atoms with Crippen molar-refractivity contribution in [3.8, 4) is 0 Å². The number of aryl methyl sites for hydroxylation is 2. The van der Waals surface area contributed by atoms with Gasteiger partial charge in [0, 0.05) is 41.8 Å². The number of alkyl halides is 4. The van der Waals surface area contributed by atoms with Crippen LogP contribution in [0.4, 0.5) is 17.6 Å². The van der Waals surface area contributed by atoms with Gasteiger partial charge in [0.2, 0.25) is 5.91 Å². The topological polar surface area (TPSA) is 64.0 Å². The standard InChI is InChI=1S/C25H31F4N3O2/c1-13-4-6-17(31-23(33)15-5-7-21(26)20(10-15)25(27,28)29)11-18(13)19-9-16-12-30-14(2)8-22(16)32(3)24(19)34/h8-9,12-13,15,17-18,20-21H,4-7,10-11H2,1-3H3,(H,31,33). The molecule has 6 atom stereocenters. The van der Waals surface area contributed by atoms with Gasteiger partial charge in [0.25, 0.3) is 5.56 Å². The summed E-state index contributed by atoms with van der Waals surface area (Å²) in [6, 6.07) is 3.51. The van der Waals surface area contributed by atoms with E-state index in [4.69, 9.17) is 0 Å². The van der Waals surface area contributed by atoms with E-state index in [2.05, 4.69) is 17.2 Å². The Morgan fingerprint density at radius 3 is 2.59 bits per heavy atom. The molecule has 2 fully saturated rings. The lowest BCUT2D eigenvalue weighted by Crippen LogP contribution is -2.46. The van der Waals surface area contributed by atoms with Crippen LogP contribution in [0.3, 0.4) is 0 Å². The molecule has 0 aromatic carbocycles. The minimum absolute atomic E-state index is 0.0868. The predicted octanol–water partition coefficient (Wildman–Crippen LogP) is 4.95. The number of aromatic nitrogens is 2. The molecule has 0 radical (unpaired) electrons. The van der Waals surface area contributed by atoms with Gasteiger partial charge in [-0.3, -0.25) is 14.6 Å². The first-order chi connectivity index (χ1) is 16.0. The van der Waals surface area contributed by atoms with Crippen LogP contribution in [0.15, 0.2) is 23.1 Å². The third kappa shape index (κ3) is 4.84. The Kier molecular flexibility index (Phi) is 6.75. The SMILES string of the molecule is Cc1cc2c(cn1)cc(C1CC(NC(=O)C3CCC(F)C(C(F)(F)F)C3)CCC1C)c(=O)n2C. The summed E-state index contributed by atoms with van der Waals surface area (Å²) >= 11 is 0. The second kappa shape index (κ2) is 9.30. The molecule has 1 amide bonds. The first-order valence-corrected chi connectivity index (χ1v) is 11.9. The molecule has 0 spiro atoms. The summed E-state index contributed by atoms with van der Waals surface area (Å²) in [4.78, 5) is 30.4. The van der Waals surface area contributed by atoms with Gasteiger partial charge in [-0.1, -0.05) is 6.92 Å². The maximum atomic E-state index is 13.8. The molecule has 2 heterocycles. The molecule has 1 N–H and O–H groups in total. The van der Waals surface area contributed by atoms with Crippen molar-refractivity contribution in [1.29, 1.82) is 0 Å². The fourth-order valence-corrected chi connectivity index (χ4v) is 5.67. The molecule has 2 aliphatic carbocycles. The van der Waals surface area contributed by atoms with Crippen molar-refractivity contribution in [3.05, 3.63) is 39.9 Å². The lowest BCUT2D eigenvalue weighted by atomic mass is 9.74. The Morgan fingerprint density at radius 2 is 1.88 bits per heavy atom. The van der Waals surface area contributed by atoms with E-state index in [-0.39, 0.29) is 36.3 Å². The average molecular weight is 482 g/mol. The number of fused-ring (bicyclic) bond motifs is 1. The summed E-state index contributed by atoms with van der Waals surface area (Å²) in [6.45, 7) is 3.95. The molecular formula is C25H31F4N3O2. The van der Waals surface area contributed by atoms with E-state index >= 15 is 0 Å². The van der Waals surface area contributed by atoms with E-state index < -0.39 is 36.5 Å². The monoisotopic (exact) mass is 481 g/mol. The Morgan fingerprint density at radius 1 is 1.15 bits per heavy atom. The number of amides is 1. The number of hydrogen-bond acceptors (Lipinski definition) is 3. The number of rotatable bonds is 3. The smallest absolute Gasteiger partial charge is 0.353 e. The summed E-state index contributed by atoms with van der Waals surface area (Å²) in [6.07, 6.45) is -3.49. The number of nitrogens with zero attached hydrogens (tertiary/aromatic N) is 2. The summed E-state index contributed by atoms with van der Waals surface area (Å²) in [5.74, 6) is -3.25. The van der Waals surface area contributed by atoms with E-state index in [0.717, 1.165) is 23.0 Å². The fraction of sp³-hybridized carbons (Fsp3) is 0.640. The highest BCUT2D eigenvalue weighted by Crippen LogP contribution is 2.42. The second-order valence-electron chi connectivity index (χ2n) is 10.1. The van der Waals surface area contributed by atoms with Crippen LogP contribution in [0.2, 0.25) is 0 Å². The first kappa shape index (κ1) is 24.7. The fourth-order valence-electron chi connectivity index (χ4n) is 5.67. The van der Waals surface area contributed by atoms with Crippen LogP contribution in [-0.2, 0) is 11.8 Å². The largest absolute Gasteiger partial charge is 0.394 e. The maximum Gasteiger partial charge on any atom is 0.394 e. The molecule has 34 heavy (non-hydrogen) atoms. The number of carbonyl (C=O) groups is 1. The van der Waals surface area contributed by atoms with Crippen LogP contribution in [0.1, 0.15) is 62.6 Å². The molecule has 2 saturated carbocycles. The average Bonchev–Trinajstić information content (AvgIpc) is 2.77. The van der Waals surface area contributed by atoms with Crippen molar-refractivity contribution >= 4 is 16.8 Å². The number of pyridine rings is 2. The van der Waals surface area contributed by atoms with E-state index in [9.17, 15) is 27.2 Å². The number of nitrogens with one attached hydrogen (secondary N) is 1. The van der Waals surface area contributed by atoms with Gasteiger partial charge in [-0.05, 0) is 69.4 Å².